The second kappa shape index (κ2) is 9.82. The Morgan fingerprint density at radius 3 is 1.97 bits per heavy atom. The van der Waals surface area contributed by atoms with Crippen LogP contribution in [0.2, 0.25) is 0 Å². The van der Waals surface area contributed by atoms with E-state index in [1.54, 1.807) is 0 Å². The van der Waals surface area contributed by atoms with Crippen LogP contribution < -0.4 is 5.32 Å². The van der Waals surface area contributed by atoms with Crippen molar-refractivity contribution in [2.75, 3.05) is 11.9 Å². The Kier molecular flexibility index (Phi) is 6.28. The summed E-state index contributed by atoms with van der Waals surface area (Å²) >= 11 is 1.83. The minimum atomic E-state index is 0.117. The Morgan fingerprint density at radius 2 is 1.26 bits per heavy atom. The summed E-state index contributed by atoms with van der Waals surface area (Å²) in [5, 5.41) is 12.7. The van der Waals surface area contributed by atoms with Crippen molar-refractivity contribution in [2.45, 2.75) is 0 Å². The van der Waals surface area contributed by atoms with Crippen molar-refractivity contribution in [2.24, 2.45) is 0 Å². The quantitative estimate of drug-likeness (QED) is 0.238. The number of rotatable bonds is 7. The van der Waals surface area contributed by atoms with Crippen molar-refractivity contribution < 1.29 is 5.11 Å². The molecule has 2 N–H and O–H groups in total. The number of benzene rings is 4. The standard InChI is InChI=1S/C31H25NOS/c1-22(33)21-32-26-16-10-15-25(19-26)27-17-8-9-18-28(27)30-20-29(23-11-4-2-5-12-23)31(34-30)24-13-6-3-7-14-24/h2-20,32-33H,1,21H2. The van der Waals surface area contributed by atoms with Crippen LogP contribution >= 0.6 is 11.3 Å². The lowest BCUT2D eigenvalue weighted by atomic mass is 9.96. The molecule has 1 aromatic heterocycles. The molecule has 0 fully saturated rings. The maximum absolute atomic E-state index is 9.45. The fraction of sp³-hybridized carbons (Fsp3) is 0.0323. The molecule has 0 radical (unpaired) electrons. The lowest BCUT2D eigenvalue weighted by Crippen LogP contribution is -2.03. The molecule has 0 aliphatic heterocycles. The highest BCUT2D eigenvalue weighted by molar-refractivity contribution is 7.19. The zero-order valence-electron chi connectivity index (χ0n) is 18.7. The fourth-order valence-corrected chi connectivity index (χ4v) is 5.34. The first-order valence-electron chi connectivity index (χ1n) is 11.2. The van der Waals surface area contributed by atoms with Gasteiger partial charge in [-0.05, 0) is 46.0 Å². The van der Waals surface area contributed by atoms with E-state index in [1.165, 1.54) is 37.6 Å². The van der Waals surface area contributed by atoms with Crippen molar-refractivity contribution in [3.63, 3.8) is 0 Å². The SMILES string of the molecule is C=C(O)CNc1cccc(-c2ccccc2-c2cc(-c3ccccc3)c(-c3ccccc3)s2)c1. The first kappa shape index (κ1) is 21.7. The van der Waals surface area contributed by atoms with Gasteiger partial charge in [0, 0.05) is 21.0 Å². The summed E-state index contributed by atoms with van der Waals surface area (Å²) in [6.07, 6.45) is 0. The molecule has 0 saturated heterocycles. The van der Waals surface area contributed by atoms with Crippen LogP contribution in [0.15, 0.2) is 128 Å². The summed E-state index contributed by atoms with van der Waals surface area (Å²) in [5.41, 5.74) is 8.15. The van der Waals surface area contributed by atoms with Gasteiger partial charge < -0.3 is 10.4 Å². The van der Waals surface area contributed by atoms with Gasteiger partial charge in [0.2, 0.25) is 0 Å². The van der Waals surface area contributed by atoms with Crippen LogP contribution in [-0.4, -0.2) is 11.7 Å². The number of aliphatic hydroxyl groups excluding tert-OH is 1. The summed E-state index contributed by atoms with van der Waals surface area (Å²) in [7, 11) is 0. The number of anilines is 1. The van der Waals surface area contributed by atoms with Crippen LogP contribution in [0.3, 0.4) is 0 Å². The molecule has 0 aliphatic rings. The summed E-state index contributed by atoms with van der Waals surface area (Å²) in [6, 6.07) is 40.3. The van der Waals surface area contributed by atoms with E-state index < -0.39 is 0 Å². The fourth-order valence-electron chi connectivity index (χ4n) is 4.11. The van der Waals surface area contributed by atoms with Crippen LogP contribution in [-0.2, 0) is 0 Å². The van der Waals surface area contributed by atoms with Gasteiger partial charge in [0.25, 0.3) is 0 Å². The lowest BCUT2D eigenvalue weighted by molar-refractivity contribution is 0.410. The second-order valence-corrected chi connectivity index (χ2v) is 9.18. The average Bonchev–Trinajstić information content (AvgIpc) is 3.34. The van der Waals surface area contributed by atoms with Crippen molar-refractivity contribution in [3.8, 4) is 43.1 Å². The second-order valence-electron chi connectivity index (χ2n) is 8.13. The molecule has 3 heteroatoms. The third kappa shape index (κ3) is 4.66. The highest BCUT2D eigenvalue weighted by Crippen LogP contribution is 2.45. The van der Waals surface area contributed by atoms with E-state index in [0.717, 1.165) is 11.3 Å². The van der Waals surface area contributed by atoms with Crippen molar-refractivity contribution in [1.82, 2.24) is 0 Å². The van der Waals surface area contributed by atoms with E-state index >= 15 is 0 Å². The van der Waals surface area contributed by atoms with Crippen LogP contribution in [0.25, 0.3) is 43.1 Å². The predicted molar refractivity (Wildman–Crippen MR) is 146 cm³/mol. The molecule has 34 heavy (non-hydrogen) atoms. The number of thiophene rings is 1. The summed E-state index contributed by atoms with van der Waals surface area (Å²) < 4.78 is 0. The Bertz CT molecular complexity index is 1360. The molecule has 2 nitrogen and oxygen atoms in total. The zero-order valence-corrected chi connectivity index (χ0v) is 19.6. The van der Waals surface area contributed by atoms with E-state index in [4.69, 9.17) is 0 Å². The Morgan fingerprint density at radius 1 is 0.647 bits per heavy atom. The maximum atomic E-state index is 9.45. The first-order chi connectivity index (χ1) is 16.7. The summed E-state index contributed by atoms with van der Waals surface area (Å²) in [4.78, 5) is 2.50. The van der Waals surface area contributed by atoms with Crippen LogP contribution in [0.1, 0.15) is 0 Å². The van der Waals surface area contributed by atoms with Gasteiger partial charge in [0.1, 0.15) is 5.76 Å². The molecule has 5 rings (SSSR count). The smallest absolute Gasteiger partial charge is 0.104 e. The highest BCUT2D eigenvalue weighted by atomic mass is 32.1. The topological polar surface area (TPSA) is 32.3 Å². The van der Waals surface area contributed by atoms with Crippen LogP contribution in [0.4, 0.5) is 5.69 Å². The first-order valence-corrected chi connectivity index (χ1v) is 12.1. The molecule has 0 spiro atoms. The molecule has 0 saturated carbocycles. The molecule has 0 amide bonds. The summed E-state index contributed by atoms with van der Waals surface area (Å²) in [5.74, 6) is 0.117. The maximum Gasteiger partial charge on any atom is 0.104 e. The monoisotopic (exact) mass is 459 g/mol. The average molecular weight is 460 g/mol. The van der Waals surface area contributed by atoms with E-state index in [-0.39, 0.29) is 5.76 Å². The normalized spacial score (nSPS) is 10.7. The number of hydrogen-bond donors (Lipinski definition) is 2. The molecule has 0 unspecified atom stereocenters. The van der Waals surface area contributed by atoms with Gasteiger partial charge in [-0.1, -0.05) is 104 Å². The van der Waals surface area contributed by atoms with E-state index in [1.807, 2.05) is 23.5 Å². The molecule has 166 valence electrons. The molecule has 0 atom stereocenters. The molecule has 0 bridgehead atoms. The minimum Gasteiger partial charge on any atom is -0.511 e. The van der Waals surface area contributed by atoms with Crippen LogP contribution in [0.5, 0.6) is 0 Å². The third-order valence-corrected chi connectivity index (χ3v) is 6.93. The van der Waals surface area contributed by atoms with Gasteiger partial charge >= 0.3 is 0 Å². The Hall–Kier alpha value is -4.08. The van der Waals surface area contributed by atoms with Crippen LogP contribution in [0, 0.1) is 0 Å². The third-order valence-electron chi connectivity index (χ3n) is 5.72. The predicted octanol–water partition coefficient (Wildman–Crippen LogP) is 8.90. The van der Waals surface area contributed by atoms with Crippen molar-refractivity contribution in [1.29, 1.82) is 0 Å². The zero-order chi connectivity index (χ0) is 23.3. The number of nitrogens with one attached hydrogen (secondary N) is 1. The number of hydrogen-bond acceptors (Lipinski definition) is 3. The van der Waals surface area contributed by atoms with E-state index in [9.17, 15) is 5.11 Å². The minimum absolute atomic E-state index is 0.117. The van der Waals surface area contributed by atoms with E-state index in [0.29, 0.717) is 6.54 Å². The molecule has 1 heterocycles. The highest BCUT2D eigenvalue weighted by Gasteiger charge is 2.16. The van der Waals surface area contributed by atoms with E-state index in [2.05, 4.69) is 115 Å². The Balaban J connectivity index is 1.62. The van der Waals surface area contributed by atoms with Gasteiger partial charge in [-0.3, -0.25) is 0 Å². The lowest BCUT2D eigenvalue weighted by Gasteiger charge is -2.11. The summed E-state index contributed by atoms with van der Waals surface area (Å²) in [6.45, 7) is 3.89. The van der Waals surface area contributed by atoms with Gasteiger partial charge in [-0.15, -0.1) is 11.3 Å². The van der Waals surface area contributed by atoms with Gasteiger partial charge in [-0.25, -0.2) is 0 Å². The number of aliphatic hydroxyl groups is 1. The van der Waals surface area contributed by atoms with Gasteiger partial charge in [-0.2, -0.15) is 0 Å². The van der Waals surface area contributed by atoms with Gasteiger partial charge in [0.05, 0.1) is 6.54 Å². The molecule has 4 aromatic carbocycles. The van der Waals surface area contributed by atoms with Gasteiger partial charge in [0.15, 0.2) is 0 Å². The molecular formula is C31H25NOS. The van der Waals surface area contributed by atoms with Crippen molar-refractivity contribution >= 4 is 17.0 Å². The Labute approximate surface area is 204 Å². The molecule has 0 aliphatic carbocycles. The molecule has 5 aromatic rings. The molecular weight excluding hydrogens is 434 g/mol. The largest absolute Gasteiger partial charge is 0.511 e. The van der Waals surface area contributed by atoms with Crippen molar-refractivity contribution in [3.05, 3.63) is 128 Å².